The standard InChI is InChI=1S/C25H32FN3O3/c1-15-5-8-23(16(2)28-15)32-24-12-19-14-29(13-18(19)11-22(24)30)25(31)20-10-17(4-3-9-27)6-7-21(20)26/h5-8,10,18-19,22,24,30H,3-4,9,11-14,27H2,1-2H3/t18-,19+,22+,24+/m0/s1. The normalized spacial score (nSPS) is 25.0. The lowest BCUT2D eigenvalue weighted by Gasteiger charge is -2.35. The van der Waals surface area contributed by atoms with Crippen molar-refractivity contribution < 1.29 is 19.0 Å². The second-order valence-electron chi connectivity index (χ2n) is 9.17. The number of aromatic nitrogens is 1. The molecular formula is C25H32FN3O3. The fourth-order valence-corrected chi connectivity index (χ4v) is 5.01. The van der Waals surface area contributed by atoms with Gasteiger partial charge >= 0.3 is 0 Å². The number of fused-ring (bicyclic) bond motifs is 1. The summed E-state index contributed by atoms with van der Waals surface area (Å²) in [7, 11) is 0. The number of benzene rings is 1. The zero-order valence-corrected chi connectivity index (χ0v) is 18.8. The SMILES string of the molecule is Cc1ccc(O[C@@H]2C[C@@H]3CN(C(=O)c4cc(CCCN)ccc4F)C[C@@H]3C[C@H]2O)c(C)n1. The number of nitrogens with zero attached hydrogens (tertiary/aromatic N) is 2. The van der Waals surface area contributed by atoms with Gasteiger partial charge in [0.1, 0.15) is 17.7 Å². The number of halogens is 1. The molecule has 1 aliphatic heterocycles. The van der Waals surface area contributed by atoms with E-state index in [-0.39, 0.29) is 29.4 Å². The van der Waals surface area contributed by atoms with Crippen LogP contribution in [0.15, 0.2) is 30.3 Å². The van der Waals surface area contributed by atoms with Crippen molar-refractivity contribution in [2.24, 2.45) is 17.6 Å². The number of aliphatic hydroxyl groups excluding tert-OH is 1. The summed E-state index contributed by atoms with van der Waals surface area (Å²) in [6.07, 6.45) is 1.79. The molecule has 1 aromatic carbocycles. The van der Waals surface area contributed by atoms with Crippen molar-refractivity contribution in [1.29, 1.82) is 0 Å². The smallest absolute Gasteiger partial charge is 0.256 e. The van der Waals surface area contributed by atoms with Crippen LogP contribution in [-0.4, -0.2) is 52.7 Å². The van der Waals surface area contributed by atoms with Crippen molar-refractivity contribution in [2.45, 2.75) is 51.7 Å². The maximum atomic E-state index is 14.5. The predicted molar refractivity (Wildman–Crippen MR) is 120 cm³/mol. The fourth-order valence-electron chi connectivity index (χ4n) is 5.01. The number of nitrogens with two attached hydrogens (primary N) is 1. The minimum Gasteiger partial charge on any atom is -0.486 e. The molecule has 6 nitrogen and oxygen atoms in total. The quantitative estimate of drug-likeness (QED) is 0.719. The zero-order valence-electron chi connectivity index (χ0n) is 18.8. The lowest BCUT2D eigenvalue weighted by Crippen LogP contribution is -2.42. The highest BCUT2D eigenvalue weighted by Gasteiger charge is 2.44. The van der Waals surface area contributed by atoms with E-state index in [1.165, 1.54) is 6.07 Å². The molecule has 0 unspecified atom stereocenters. The van der Waals surface area contributed by atoms with Gasteiger partial charge in [0.15, 0.2) is 0 Å². The van der Waals surface area contributed by atoms with Gasteiger partial charge in [-0.15, -0.1) is 0 Å². The molecule has 32 heavy (non-hydrogen) atoms. The van der Waals surface area contributed by atoms with Crippen LogP contribution in [0.1, 0.15) is 46.6 Å². The average molecular weight is 442 g/mol. The Kier molecular flexibility index (Phi) is 6.76. The van der Waals surface area contributed by atoms with Crippen LogP contribution < -0.4 is 10.5 Å². The number of aliphatic hydroxyl groups is 1. The second kappa shape index (κ2) is 9.55. The Morgan fingerprint density at radius 1 is 1.22 bits per heavy atom. The number of hydrogen-bond donors (Lipinski definition) is 2. The van der Waals surface area contributed by atoms with E-state index in [4.69, 9.17) is 10.5 Å². The Balaban J connectivity index is 1.44. The summed E-state index contributed by atoms with van der Waals surface area (Å²) in [6.45, 7) is 5.46. The first-order chi connectivity index (χ1) is 15.4. The van der Waals surface area contributed by atoms with Gasteiger partial charge in [0, 0.05) is 18.8 Å². The summed E-state index contributed by atoms with van der Waals surface area (Å²) in [5, 5.41) is 10.7. The molecule has 4 rings (SSSR count). The molecule has 2 fully saturated rings. The van der Waals surface area contributed by atoms with Gasteiger partial charge in [0.05, 0.1) is 17.4 Å². The van der Waals surface area contributed by atoms with E-state index >= 15 is 0 Å². The number of rotatable bonds is 6. The van der Waals surface area contributed by atoms with Crippen molar-refractivity contribution in [2.75, 3.05) is 19.6 Å². The molecule has 0 radical (unpaired) electrons. The summed E-state index contributed by atoms with van der Waals surface area (Å²) < 4.78 is 20.6. The number of ether oxygens (including phenoxy) is 1. The molecule has 1 amide bonds. The van der Waals surface area contributed by atoms with E-state index < -0.39 is 11.9 Å². The van der Waals surface area contributed by atoms with Crippen LogP contribution >= 0.6 is 0 Å². The molecule has 1 aliphatic carbocycles. The lowest BCUT2D eigenvalue weighted by atomic mass is 9.78. The van der Waals surface area contributed by atoms with Gasteiger partial charge in [0.25, 0.3) is 5.91 Å². The van der Waals surface area contributed by atoms with Crippen LogP contribution in [0, 0.1) is 31.5 Å². The monoisotopic (exact) mass is 441 g/mol. The molecule has 172 valence electrons. The molecule has 2 aliphatic rings. The maximum absolute atomic E-state index is 14.5. The maximum Gasteiger partial charge on any atom is 0.256 e. The summed E-state index contributed by atoms with van der Waals surface area (Å²) in [5.74, 6) is 0.312. The first kappa shape index (κ1) is 22.7. The van der Waals surface area contributed by atoms with Gasteiger partial charge in [-0.05, 0) is 87.7 Å². The minimum atomic E-state index is -0.608. The molecule has 1 saturated carbocycles. The van der Waals surface area contributed by atoms with Gasteiger partial charge in [-0.3, -0.25) is 9.78 Å². The Morgan fingerprint density at radius 3 is 2.69 bits per heavy atom. The van der Waals surface area contributed by atoms with Crippen LogP contribution in [0.25, 0.3) is 0 Å². The fraction of sp³-hybridized carbons (Fsp3) is 0.520. The molecule has 0 spiro atoms. The van der Waals surface area contributed by atoms with Crippen LogP contribution in [-0.2, 0) is 6.42 Å². The van der Waals surface area contributed by atoms with E-state index in [0.29, 0.717) is 38.2 Å². The molecule has 3 N–H and O–H groups in total. The van der Waals surface area contributed by atoms with Crippen molar-refractivity contribution >= 4 is 5.91 Å². The van der Waals surface area contributed by atoms with Gasteiger partial charge in [-0.2, -0.15) is 0 Å². The van der Waals surface area contributed by atoms with Crippen molar-refractivity contribution in [3.8, 4) is 5.75 Å². The van der Waals surface area contributed by atoms with Crippen LogP contribution in [0.5, 0.6) is 5.75 Å². The summed E-state index contributed by atoms with van der Waals surface area (Å²) in [6, 6.07) is 8.52. The van der Waals surface area contributed by atoms with Gasteiger partial charge in [-0.1, -0.05) is 6.07 Å². The highest BCUT2D eigenvalue weighted by atomic mass is 19.1. The van der Waals surface area contributed by atoms with Gasteiger partial charge in [-0.25, -0.2) is 4.39 Å². The largest absolute Gasteiger partial charge is 0.486 e. The molecule has 2 heterocycles. The van der Waals surface area contributed by atoms with E-state index in [9.17, 15) is 14.3 Å². The number of carbonyl (C=O) groups is 1. The third kappa shape index (κ3) is 4.79. The molecule has 1 aromatic heterocycles. The Hall–Kier alpha value is -2.51. The number of amides is 1. The number of pyridine rings is 1. The summed E-state index contributed by atoms with van der Waals surface area (Å²) in [4.78, 5) is 19.3. The number of hydrogen-bond acceptors (Lipinski definition) is 5. The van der Waals surface area contributed by atoms with E-state index in [2.05, 4.69) is 4.98 Å². The number of aryl methyl sites for hydroxylation is 3. The number of carbonyl (C=O) groups excluding carboxylic acids is 1. The van der Waals surface area contributed by atoms with E-state index in [1.54, 1.807) is 17.0 Å². The highest BCUT2D eigenvalue weighted by molar-refractivity contribution is 5.95. The first-order valence-electron chi connectivity index (χ1n) is 11.4. The number of likely N-dealkylation sites (tertiary alicyclic amines) is 1. The molecule has 4 atom stereocenters. The highest BCUT2D eigenvalue weighted by Crippen LogP contribution is 2.39. The summed E-state index contributed by atoms with van der Waals surface area (Å²) in [5.41, 5.74) is 8.33. The van der Waals surface area contributed by atoms with Crippen LogP contribution in [0.4, 0.5) is 4.39 Å². The molecular weight excluding hydrogens is 409 g/mol. The van der Waals surface area contributed by atoms with Gasteiger partial charge < -0.3 is 20.5 Å². The molecule has 2 aromatic rings. The zero-order chi connectivity index (χ0) is 22.8. The first-order valence-corrected chi connectivity index (χ1v) is 11.4. The topological polar surface area (TPSA) is 88.7 Å². The molecule has 0 bridgehead atoms. The van der Waals surface area contributed by atoms with E-state index in [0.717, 1.165) is 29.8 Å². The average Bonchev–Trinajstić information content (AvgIpc) is 3.17. The molecule has 1 saturated heterocycles. The van der Waals surface area contributed by atoms with Crippen molar-refractivity contribution in [3.63, 3.8) is 0 Å². The third-order valence-electron chi connectivity index (χ3n) is 6.76. The lowest BCUT2D eigenvalue weighted by molar-refractivity contribution is -0.0236. The Bertz CT molecular complexity index is 983. The van der Waals surface area contributed by atoms with Crippen molar-refractivity contribution in [1.82, 2.24) is 9.88 Å². The van der Waals surface area contributed by atoms with Crippen LogP contribution in [0.3, 0.4) is 0 Å². The van der Waals surface area contributed by atoms with Gasteiger partial charge in [0.2, 0.25) is 0 Å². The van der Waals surface area contributed by atoms with E-state index in [1.807, 2.05) is 26.0 Å². The third-order valence-corrected chi connectivity index (χ3v) is 6.76. The van der Waals surface area contributed by atoms with Crippen LogP contribution in [0.2, 0.25) is 0 Å². The summed E-state index contributed by atoms with van der Waals surface area (Å²) >= 11 is 0. The Labute approximate surface area is 188 Å². The predicted octanol–water partition coefficient (Wildman–Crippen LogP) is 3.02. The minimum absolute atomic E-state index is 0.118. The van der Waals surface area contributed by atoms with Crippen molar-refractivity contribution in [3.05, 3.63) is 58.7 Å². The second-order valence-corrected chi connectivity index (χ2v) is 9.17. The Morgan fingerprint density at radius 2 is 1.97 bits per heavy atom. The molecule has 7 heteroatoms.